The number of likely N-dealkylation sites (tertiary alicyclic amines) is 1. The first-order chi connectivity index (χ1) is 12.2. The fourth-order valence-electron chi connectivity index (χ4n) is 3.82. The summed E-state index contributed by atoms with van der Waals surface area (Å²) in [5.41, 5.74) is 3.69. The molecule has 0 amide bonds. The van der Waals surface area contributed by atoms with E-state index in [1.54, 1.807) is 12.1 Å². The number of fused-ring (bicyclic) bond motifs is 1. The highest BCUT2D eigenvalue weighted by atomic mass is 16.4. The summed E-state index contributed by atoms with van der Waals surface area (Å²) < 4.78 is 0. The molecule has 0 unspecified atom stereocenters. The molecule has 0 radical (unpaired) electrons. The van der Waals surface area contributed by atoms with Gasteiger partial charge in [-0.05, 0) is 48.2 Å². The van der Waals surface area contributed by atoms with Crippen LogP contribution in [0.4, 0.5) is 0 Å². The smallest absolute Gasteiger partial charge is 0.335 e. The van der Waals surface area contributed by atoms with Gasteiger partial charge in [0.1, 0.15) is 0 Å². The second-order valence-corrected chi connectivity index (χ2v) is 6.60. The summed E-state index contributed by atoms with van der Waals surface area (Å²) in [5.74, 6) is -0.561. The van der Waals surface area contributed by atoms with Gasteiger partial charge in [-0.15, -0.1) is 0 Å². The second kappa shape index (κ2) is 6.65. The van der Waals surface area contributed by atoms with Gasteiger partial charge in [-0.2, -0.15) is 0 Å². The Morgan fingerprint density at radius 1 is 1.12 bits per heavy atom. The molecule has 1 N–H and O–H groups in total. The third-order valence-corrected chi connectivity index (χ3v) is 5.03. The van der Waals surface area contributed by atoms with E-state index in [2.05, 4.69) is 28.1 Å². The first kappa shape index (κ1) is 15.8. The number of aromatic nitrogens is 1. The number of benzene rings is 2. The Labute approximate surface area is 146 Å². The molecule has 0 aliphatic carbocycles. The third-order valence-electron chi connectivity index (χ3n) is 5.03. The summed E-state index contributed by atoms with van der Waals surface area (Å²) in [5, 5.41) is 10.6. The molecule has 4 heteroatoms. The van der Waals surface area contributed by atoms with E-state index in [1.807, 2.05) is 30.5 Å². The maximum absolute atomic E-state index is 11.5. The van der Waals surface area contributed by atoms with Gasteiger partial charge in [0.25, 0.3) is 0 Å². The molecule has 4 nitrogen and oxygen atoms in total. The molecule has 1 aromatic heterocycles. The standard InChI is InChI=1S/C21H20N2O2/c24-21(25)19-7-2-1-6-17(19)16-10-12-23(14-16)13-15-5-3-9-20-18(15)8-4-11-22-20/h1-9,11,16H,10,12-14H2,(H,24,25)/t16-/m0/s1. The van der Waals surface area contributed by atoms with E-state index in [1.165, 1.54) is 10.9 Å². The Balaban J connectivity index is 1.54. The van der Waals surface area contributed by atoms with Crippen LogP contribution in [0.25, 0.3) is 10.9 Å². The number of nitrogens with zero attached hydrogens (tertiary/aromatic N) is 2. The quantitative estimate of drug-likeness (QED) is 0.787. The third kappa shape index (κ3) is 3.13. The normalized spacial score (nSPS) is 17.8. The van der Waals surface area contributed by atoms with Gasteiger partial charge in [-0.1, -0.05) is 36.4 Å². The Kier molecular flexibility index (Phi) is 4.20. The van der Waals surface area contributed by atoms with Crippen LogP contribution in [-0.2, 0) is 6.54 Å². The molecule has 1 fully saturated rings. The summed E-state index contributed by atoms with van der Waals surface area (Å²) in [7, 11) is 0. The number of hydrogen-bond donors (Lipinski definition) is 1. The van der Waals surface area contributed by atoms with E-state index in [-0.39, 0.29) is 5.92 Å². The number of carboxylic acid groups (broad SMARTS) is 1. The van der Waals surface area contributed by atoms with Crippen LogP contribution in [-0.4, -0.2) is 34.0 Å². The summed E-state index contributed by atoms with van der Waals surface area (Å²) in [6.45, 7) is 2.74. The van der Waals surface area contributed by atoms with Crippen molar-refractivity contribution in [1.29, 1.82) is 0 Å². The Morgan fingerprint density at radius 2 is 2.00 bits per heavy atom. The van der Waals surface area contributed by atoms with Crippen molar-refractivity contribution in [2.75, 3.05) is 13.1 Å². The van der Waals surface area contributed by atoms with Crippen molar-refractivity contribution in [1.82, 2.24) is 9.88 Å². The molecular weight excluding hydrogens is 312 g/mol. The zero-order valence-electron chi connectivity index (χ0n) is 13.9. The van der Waals surface area contributed by atoms with Gasteiger partial charge in [0.15, 0.2) is 0 Å². The number of hydrogen-bond acceptors (Lipinski definition) is 3. The number of carboxylic acids is 1. The van der Waals surface area contributed by atoms with Crippen molar-refractivity contribution in [3.05, 3.63) is 77.5 Å². The Morgan fingerprint density at radius 3 is 2.88 bits per heavy atom. The van der Waals surface area contributed by atoms with Gasteiger partial charge in [-0.3, -0.25) is 9.88 Å². The fraction of sp³-hybridized carbons (Fsp3) is 0.238. The van der Waals surface area contributed by atoms with Gasteiger partial charge in [0.05, 0.1) is 11.1 Å². The fourth-order valence-corrected chi connectivity index (χ4v) is 3.82. The van der Waals surface area contributed by atoms with Crippen LogP contribution in [0.1, 0.15) is 33.8 Å². The van der Waals surface area contributed by atoms with Crippen LogP contribution in [0.3, 0.4) is 0 Å². The summed E-state index contributed by atoms with van der Waals surface area (Å²) in [4.78, 5) is 18.3. The Hall–Kier alpha value is -2.72. The molecule has 0 bridgehead atoms. The number of aromatic carboxylic acids is 1. The minimum Gasteiger partial charge on any atom is -0.478 e. The predicted molar refractivity (Wildman–Crippen MR) is 97.8 cm³/mol. The van der Waals surface area contributed by atoms with Crippen LogP contribution >= 0.6 is 0 Å². The van der Waals surface area contributed by atoms with Crippen LogP contribution < -0.4 is 0 Å². The monoisotopic (exact) mass is 332 g/mol. The van der Waals surface area contributed by atoms with Gasteiger partial charge >= 0.3 is 5.97 Å². The minimum atomic E-state index is -0.839. The molecule has 3 aromatic rings. The maximum Gasteiger partial charge on any atom is 0.335 e. The topological polar surface area (TPSA) is 53.4 Å². The van der Waals surface area contributed by atoms with Gasteiger partial charge in [-0.25, -0.2) is 4.79 Å². The molecule has 1 atom stereocenters. The lowest BCUT2D eigenvalue weighted by molar-refractivity contribution is 0.0695. The zero-order valence-corrected chi connectivity index (χ0v) is 13.9. The van der Waals surface area contributed by atoms with E-state index < -0.39 is 5.97 Å². The van der Waals surface area contributed by atoms with Crippen molar-refractivity contribution in [2.24, 2.45) is 0 Å². The molecule has 1 saturated heterocycles. The number of carbonyl (C=O) groups is 1. The highest BCUT2D eigenvalue weighted by Crippen LogP contribution is 2.31. The lowest BCUT2D eigenvalue weighted by atomic mass is 9.93. The first-order valence-electron chi connectivity index (χ1n) is 8.59. The summed E-state index contributed by atoms with van der Waals surface area (Å²) in [6, 6.07) is 17.7. The molecule has 0 spiro atoms. The summed E-state index contributed by atoms with van der Waals surface area (Å²) >= 11 is 0. The molecule has 25 heavy (non-hydrogen) atoms. The second-order valence-electron chi connectivity index (χ2n) is 6.60. The van der Waals surface area contributed by atoms with Gasteiger partial charge < -0.3 is 5.11 Å². The zero-order chi connectivity index (χ0) is 17.2. The predicted octanol–water partition coefficient (Wildman–Crippen LogP) is 3.92. The van der Waals surface area contributed by atoms with Crippen LogP contribution in [0.15, 0.2) is 60.8 Å². The molecule has 4 rings (SSSR count). The highest BCUT2D eigenvalue weighted by Gasteiger charge is 2.27. The van der Waals surface area contributed by atoms with Gasteiger partial charge in [0.2, 0.25) is 0 Å². The van der Waals surface area contributed by atoms with Crippen molar-refractivity contribution < 1.29 is 9.90 Å². The molecule has 1 aliphatic rings. The number of pyridine rings is 1. The van der Waals surface area contributed by atoms with E-state index in [0.29, 0.717) is 5.56 Å². The van der Waals surface area contributed by atoms with E-state index in [4.69, 9.17) is 0 Å². The molecule has 1 aliphatic heterocycles. The average Bonchev–Trinajstić information content (AvgIpc) is 3.10. The molecular formula is C21H20N2O2. The number of rotatable bonds is 4. The van der Waals surface area contributed by atoms with Gasteiger partial charge in [0, 0.05) is 24.7 Å². The largest absolute Gasteiger partial charge is 0.478 e. The van der Waals surface area contributed by atoms with Crippen molar-refractivity contribution in [3.8, 4) is 0 Å². The lowest BCUT2D eigenvalue weighted by Gasteiger charge is -2.18. The molecule has 2 aromatic carbocycles. The maximum atomic E-state index is 11.5. The van der Waals surface area contributed by atoms with Crippen molar-refractivity contribution in [3.63, 3.8) is 0 Å². The van der Waals surface area contributed by atoms with Crippen molar-refractivity contribution in [2.45, 2.75) is 18.9 Å². The van der Waals surface area contributed by atoms with Crippen LogP contribution in [0, 0.1) is 0 Å². The molecule has 126 valence electrons. The highest BCUT2D eigenvalue weighted by molar-refractivity contribution is 5.89. The average molecular weight is 332 g/mol. The molecule has 2 heterocycles. The first-order valence-corrected chi connectivity index (χ1v) is 8.59. The van der Waals surface area contributed by atoms with E-state index in [0.717, 1.165) is 37.1 Å². The summed E-state index contributed by atoms with van der Waals surface area (Å²) in [6.07, 6.45) is 2.81. The van der Waals surface area contributed by atoms with E-state index >= 15 is 0 Å². The minimum absolute atomic E-state index is 0.278. The van der Waals surface area contributed by atoms with Crippen LogP contribution in [0.2, 0.25) is 0 Å². The van der Waals surface area contributed by atoms with Crippen molar-refractivity contribution >= 4 is 16.9 Å². The van der Waals surface area contributed by atoms with Crippen LogP contribution in [0.5, 0.6) is 0 Å². The van der Waals surface area contributed by atoms with E-state index in [9.17, 15) is 9.90 Å². The SMILES string of the molecule is O=C(O)c1ccccc1[C@H]1CCN(Cc2cccc3ncccc23)C1. The Bertz CT molecular complexity index is 917. The lowest BCUT2D eigenvalue weighted by Crippen LogP contribution is -2.20. The molecule has 0 saturated carbocycles.